The highest BCUT2D eigenvalue weighted by molar-refractivity contribution is 5.97. The number of nitrogens with zero attached hydrogens (tertiary/aromatic N) is 2. The van der Waals surface area contributed by atoms with Gasteiger partial charge in [0.25, 0.3) is 11.6 Å². The molecule has 2 aliphatic heterocycles. The van der Waals surface area contributed by atoms with Crippen LogP contribution in [0.1, 0.15) is 36.8 Å². The Kier molecular flexibility index (Phi) is 3.89. The first kappa shape index (κ1) is 15.4. The SMILES string of the molecule is Cc1ccc([C@]2(O)C[N+]3=C(CCCCC3)N2c2ccccc2)cc1. The van der Waals surface area contributed by atoms with E-state index in [1.165, 1.54) is 30.7 Å². The fourth-order valence-electron chi connectivity index (χ4n) is 4.00. The maximum Gasteiger partial charge on any atom is 0.275 e. The molecule has 0 saturated carbocycles. The van der Waals surface area contributed by atoms with Crippen LogP contribution >= 0.6 is 0 Å². The van der Waals surface area contributed by atoms with Gasteiger partial charge in [-0.3, -0.25) is 4.58 Å². The van der Waals surface area contributed by atoms with E-state index in [0.717, 1.165) is 24.2 Å². The molecule has 0 bridgehead atoms. The third-order valence-electron chi connectivity index (χ3n) is 5.26. The van der Waals surface area contributed by atoms with E-state index >= 15 is 0 Å². The maximum atomic E-state index is 11.8. The fraction of sp³-hybridized carbons (Fsp3) is 0.381. The molecule has 1 N–H and O–H groups in total. The van der Waals surface area contributed by atoms with Gasteiger partial charge in [-0.2, -0.15) is 4.90 Å². The molecule has 3 heteroatoms. The zero-order valence-electron chi connectivity index (χ0n) is 14.3. The Balaban J connectivity index is 1.83. The second kappa shape index (κ2) is 6.06. The lowest BCUT2D eigenvalue weighted by Crippen LogP contribution is -2.47. The van der Waals surface area contributed by atoms with Crippen LogP contribution in [0.25, 0.3) is 0 Å². The lowest BCUT2D eigenvalue weighted by molar-refractivity contribution is -0.534. The van der Waals surface area contributed by atoms with Gasteiger partial charge in [-0.1, -0.05) is 48.0 Å². The Labute approximate surface area is 143 Å². The minimum Gasteiger partial charge on any atom is -0.346 e. The molecule has 1 atom stereocenters. The molecule has 2 aromatic carbocycles. The average Bonchev–Trinajstić information content (AvgIpc) is 2.73. The van der Waals surface area contributed by atoms with Gasteiger partial charge < -0.3 is 5.11 Å². The number of amidine groups is 1. The topological polar surface area (TPSA) is 26.5 Å². The van der Waals surface area contributed by atoms with Crippen LogP contribution in [-0.2, 0) is 5.72 Å². The van der Waals surface area contributed by atoms with Crippen molar-refractivity contribution in [2.45, 2.75) is 38.3 Å². The first-order valence-corrected chi connectivity index (χ1v) is 8.94. The highest BCUT2D eigenvalue weighted by Crippen LogP contribution is 2.37. The largest absolute Gasteiger partial charge is 0.346 e. The van der Waals surface area contributed by atoms with Crippen molar-refractivity contribution >= 4 is 11.5 Å². The molecule has 2 heterocycles. The molecular formula is C21H25N2O+. The summed E-state index contributed by atoms with van der Waals surface area (Å²) in [5.41, 5.74) is 2.26. The third-order valence-corrected chi connectivity index (χ3v) is 5.26. The van der Waals surface area contributed by atoms with Crippen molar-refractivity contribution in [2.75, 3.05) is 18.0 Å². The number of aryl methyl sites for hydroxylation is 1. The molecule has 0 aromatic heterocycles. The monoisotopic (exact) mass is 321 g/mol. The van der Waals surface area contributed by atoms with Gasteiger partial charge >= 0.3 is 0 Å². The van der Waals surface area contributed by atoms with Gasteiger partial charge in [-0.05, 0) is 38.3 Å². The fourth-order valence-corrected chi connectivity index (χ4v) is 4.00. The van der Waals surface area contributed by atoms with Gasteiger partial charge in [0.15, 0.2) is 6.54 Å². The average molecular weight is 321 g/mol. The number of hydrogen-bond acceptors (Lipinski definition) is 2. The Hall–Kier alpha value is -2.13. The second-order valence-electron chi connectivity index (χ2n) is 7.00. The van der Waals surface area contributed by atoms with Crippen LogP contribution in [0.15, 0.2) is 54.6 Å². The van der Waals surface area contributed by atoms with Gasteiger partial charge in [-0.25, -0.2) is 0 Å². The Morgan fingerprint density at radius 1 is 0.958 bits per heavy atom. The second-order valence-corrected chi connectivity index (χ2v) is 7.00. The molecule has 2 aromatic rings. The molecule has 0 spiro atoms. The van der Waals surface area contributed by atoms with Crippen molar-refractivity contribution in [1.29, 1.82) is 0 Å². The van der Waals surface area contributed by atoms with E-state index in [2.05, 4.69) is 52.8 Å². The predicted octanol–water partition coefficient (Wildman–Crippen LogP) is 3.65. The van der Waals surface area contributed by atoms with Gasteiger partial charge in [0.1, 0.15) is 5.69 Å². The van der Waals surface area contributed by atoms with E-state index in [4.69, 9.17) is 0 Å². The van der Waals surface area contributed by atoms with Crippen molar-refractivity contribution < 1.29 is 9.68 Å². The summed E-state index contributed by atoms with van der Waals surface area (Å²) in [4.78, 5) is 2.17. The first-order chi connectivity index (χ1) is 11.7. The van der Waals surface area contributed by atoms with Crippen LogP contribution in [0.2, 0.25) is 0 Å². The van der Waals surface area contributed by atoms with E-state index in [1.807, 2.05) is 18.2 Å². The summed E-state index contributed by atoms with van der Waals surface area (Å²) >= 11 is 0. The molecule has 0 saturated heterocycles. The number of benzene rings is 2. The zero-order valence-corrected chi connectivity index (χ0v) is 14.3. The molecule has 3 nitrogen and oxygen atoms in total. The van der Waals surface area contributed by atoms with E-state index in [9.17, 15) is 5.11 Å². The molecule has 0 amide bonds. The van der Waals surface area contributed by atoms with Crippen molar-refractivity contribution in [2.24, 2.45) is 0 Å². The number of aliphatic hydroxyl groups is 1. The van der Waals surface area contributed by atoms with Gasteiger partial charge in [-0.15, -0.1) is 0 Å². The quantitative estimate of drug-likeness (QED) is 0.855. The Bertz CT molecular complexity index is 751. The summed E-state index contributed by atoms with van der Waals surface area (Å²) in [7, 11) is 0. The van der Waals surface area contributed by atoms with Gasteiger partial charge in [0.2, 0.25) is 0 Å². The summed E-state index contributed by atoms with van der Waals surface area (Å²) in [5, 5.41) is 11.8. The smallest absolute Gasteiger partial charge is 0.275 e. The number of rotatable bonds is 2. The van der Waals surface area contributed by atoms with Crippen molar-refractivity contribution in [3.05, 3.63) is 65.7 Å². The number of hydrogen-bond donors (Lipinski definition) is 1. The summed E-state index contributed by atoms with van der Waals surface area (Å²) in [6.07, 6.45) is 4.70. The normalized spacial score (nSPS) is 24.0. The molecule has 4 rings (SSSR count). The highest BCUT2D eigenvalue weighted by atomic mass is 16.3. The summed E-state index contributed by atoms with van der Waals surface area (Å²) in [6, 6.07) is 18.6. The standard InChI is InChI=1S/C21H25N2O/c1-17-11-13-18(14-12-17)21(24)16-22-15-7-3-6-10-20(22)23(21)19-8-4-2-5-9-19/h2,4-5,8-9,11-14,24H,3,6-7,10,15-16H2,1H3/q+1/t21-/m1/s1. The number of para-hydroxylation sites is 1. The lowest BCUT2D eigenvalue weighted by atomic mass is 9.99. The van der Waals surface area contributed by atoms with Crippen LogP contribution in [0.3, 0.4) is 0 Å². The van der Waals surface area contributed by atoms with Gasteiger partial charge in [0, 0.05) is 12.0 Å². The first-order valence-electron chi connectivity index (χ1n) is 8.94. The van der Waals surface area contributed by atoms with E-state index < -0.39 is 5.72 Å². The molecule has 0 radical (unpaired) electrons. The van der Waals surface area contributed by atoms with Crippen LogP contribution in [0.4, 0.5) is 5.69 Å². The number of anilines is 1. The third kappa shape index (κ3) is 2.53. The van der Waals surface area contributed by atoms with Crippen molar-refractivity contribution in [3.8, 4) is 0 Å². The minimum absolute atomic E-state index is 0.639. The molecule has 24 heavy (non-hydrogen) atoms. The van der Waals surface area contributed by atoms with E-state index in [0.29, 0.717) is 6.54 Å². The maximum absolute atomic E-state index is 11.8. The van der Waals surface area contributed by atoms with E-state index in [1.54, 1.807) is 0 Å². The molecule has 124 valence electrons. The van der Waals surface area contributed by atoms with E-state index in [-0.39, 0.29) is 0 Å². The Morgan fingerprint density at radius 2 is 1.71 bits per heavy atom. The van der Waals surface area contributed by atoms with Crippen molar-refractivity contribution in [3.63, 3.8) is 0 Å². The molecule has 2 aliphatic rings. The molecule has 0 fully saturated rings. The van der Waals surface area contributed by atoms with Crippen molar-refractivity contribution in [1.82, 2.24) is 0 Å². The summed E-state index contributed by atoms with van der Waals surface area (Å²) < 4.78 is 2.39. The Morgan fingerprint density at radius 3 is 2.46 bits per heavy atom. The molecule has 0 unspecified atom stereocenters. The highest BCUT2D eigenvalue weighted by Gasteiger charge is 2.53. The van der Waals surface area contributed by atoms with Crippen LogP contribution in [0, 0.1) is 6.92 Å². The van der Waals surface area contributed by atoms with Gasteiger partial charge in [0.05, 0.1) is 6.54 Å². The van der Waals surface area contributed by atoms with Crippen LogP contribution < -0.4 is 4.90 Å². The summed E-state index contributed by atoms with van der Waals surface area (Å²) in [6.45, 7) is 3.76. The van der Waals surface area contributed by atoms with Crippen LogP contribution in [-0.4, -0.2) is 28.6 Å². The molecular weight excluding hydrogens is 296 g/mol. The minimum atomic E-state index is -0.998. The predicted molar refractivity (Wildman–Crippen MR) is 97.5 cm³/mol. The molecule has 0 aliphatic carbocycles. The van der Waals surface area contributed by atoms with Crippen LogP contribution in [0.5, 0.6) is 0 Å². The zero-order chi connectivity index (χ0) is 16.6. The summed E-state index contributed by atoms with van der Waals surface area (Å²) in [5.74, 6) is 1.27. The lowest BCUT2D eigenvalue weighted by Gasteiger charge is -2.29.